The predicted molar refractivity (Wildman–Crippen MR) is 122 cm³/mol. The molecule has 0 radical (unpaired) electrons. The molecule has 0 aliphatic rings. The number of hydrogen-bond donors (Lipinski definition) is 1. The molecule has 0 aliphatic heterocycles. The second-order valence-corrected chi connectivity index (χ2v) is 7.46. The fourth-order valence-corrected chi connectivity index (χ4v) is 3.78. The zero-order valence-electron chi connectivity index (χ0n) is 17.9. The Morgan fingerprint density at radius 3 is 2.56 bits per heavy atom. The van der Waals surface area contributed by atoms with E-state index in [1.807, 2.05) is 48.0 Å². The molecule has 6 nitrogen and oxygen atoms in total. The van der Waals surface area contributed by atoms with E-state index < -0.39 is 0 Å². The first kappa shape index (κ1) is 19.8. The van der Waals surface area contributed by atoms with Crippen LogP contribution in [0.3, 0.4) is 0 Å². The highest BCUT2D eigenvalue weighted by Crippen LogP contribution is 2.35. The van der Waals surface area contributed by atoms with Gasteiger partial charge in [0.15, 0.2) is 11.7 Å². The van der Waals surface area contributed by atoms with Crippen LogP contribution in [-0.2, 0) is 0 Å². The normalized spacial score (nSPS) is 11.1. The van der Waals surface area contributed by atoms with Crippen LogP contribution < -0.4 is 10.1 Å². The van der Waals surface area contributed by atoms with E-state index in [-0.39, 0.29) is 5.82 Å². The molecule has 0 amide bonds. The average molecular weight is 428 g/mol. The number of nitrogens with one attached hydrogen (secondary N) is 1. The van der Waals surface area contributed by atoms with Crippen molar-refractivity contribution in [2.24, 2.45) is 0 Å². The van der Waals surface area contributed by atoms with Crippen LogP contribution in [0, 0.1) is 19.7 Å². The third-order valence-electron chi connectivity index (χ3n) is 5.38. The van der Waals surface area contributed by atoms with Gasteiger partial charge in [-0.1, -0.05) is 12.1 Å². The van der Waals surface area contributed by atoms with Gasteiger partial charge in [0, 0.05) is 29.8 Å². The number of fused-ring (bicyclic) bond motifs is 1. The lowest BCUT2D eigenvalue weighted by Gasteiger charge is -2.11. The Bertz CT molecular complexity index is 1420. The summed E-state index contributed by atoms with van der Waals surface area (Å²) in [6, 6.07) is 18.1. The lowest BCUT2D eigenvalue weighted by molar-refractivity contribution is 0.414. The molecular formula is C25H21FN4O2. The topological polar surface area (TPSA) is 65.1 Å². The summed E-state index contributed by atoms with van der Waals surface area (Å²) in [6.07, 6.45) is 1.69. The number of halogens is 1. The van der Waals surface area contributed by atoms with E-state index in [0.29, 0.717) is 17.4 Å². The van der Waals surface area contributed by atoms with Crippen molar-refractivity contribution >= 4 is 22.3 Å². The van der Waals surface area contributed by atoms with Crippen LogP contribution in [0.15, 0.2) is 71.3 Å². The van der Waals surface area contributed by atoms with Gasteiger partial charge in [0.2, 0.25) is 0 Å². The smallest absolute Gasteiger partial charge is 0.191 e. The van der Waals surface area contributed by atoms with Crippen molar-refractivity contribution < 1.29 is 13.5 Å². The molecule has 5 aromatic rings. The van der Waals surface area contributed by atoms with Crippen LogP contribution in [0.1, 0.15) is 11.6 Å². The minimum atomic E-state index is -0.275. The van der Waals surface area contributed by atoms with E-state index in [9.17, 15) is 4.39 Å². The number of oxazole rings is 1. The van der Waals surface area contributed by atoms with Crippen molar-refractivity contribution in [1.82, 2.24) is 14.8 Å². The van der Waals surface area contributed by atoms with Gasteiger partial charge in [0.1, 0.15) is 17.1 Å². The fraction of sp³-hybridized carbons (Fsp3) is 0.120. The summed E-state index contributed by atoms with van der Waals surface area (Å²) in [6.45, 7) is 3.80. The minimum absolute atomic E-state index is 0.275. The number of aromatic nitrogens is 3. The van der Waals surface area contributed by atoms with E-state index >= 15 is 0 Å². The van der Waals surface area contributed by atoms with E-state index in [1.165, 1.54) is 12.1 Å². The zero-order valence-corrected chi connectivity index (χ0v) is 17.9. The SMILES string of the molecule is COc1cc(Nc2cccc3c(C)n(-c4ccc(F)cc4)nc23)ccc1-c1cnc(C)o1. The summed E-state index contributed by atoms with van der Waals surface area (Å²) in [5.74, 6) is 1.65. The van der Waals surface area contributed by atoms with E-state index in [1.54, 1.807) is 32.4 Å². The molecule has 3 aromatic carbocycles. The number of anilines is 2. The molecule has 1 N–H and O–H groups in total. The van der Waals surface area contributed by atoms with Crippen molar-refractivity contribution in [1.29, 1.82) is 0 Å². The van der Waals surface area contributed by atoms with E-state index in [0.717, 1.165) is 39.2 Å². The quantitative estimate of drug-likeness (QED) is 0.362. The van der Waals surface area contributed by atoms with E-state index in [4.69, 9.17) is 14.3 Å². The number of benzene rings is 3. The van der Waals surface area contributed by atoms with Gasteiger partial charge in [-0.15, -0.1) is 0 Å². The molecule has 7 heteroatoms. The van der Waals surface area contributed by atoms with Gasteiger partial charge in [-0.05, 0) is 49.4 Å². The lowest BCUT2D eigenvalue weighted by atomic mass is 10.1. The van der Waals surface area contributed by atoms with Gasteiger partial charge in [0.05, 0.1) is 30.2 Å². The summed E-state index contributed by atoms with van der Waals surface area (Å²) in [4.78, 5) is 4.16. The second-order valence-electron chi connectivity index (χ2n) is 7.46. The maximum absolute atomic E-state index is 13.4. The van der Waals surface area contributed by atoms with Gasteiger partial charge in [-0.25, -0.2) is 14.1 Å². The maximum Gasteiger partial charge on any atom is 0.191 e. The van der Waals surface area contributed by atoms with Crippen molar-refractivity contribution in [2.75, 3.05) is 12.4 Å². The molecule has 0 unspecified atom stereocenters. The highest BCUT2D eigenvalue weighted by atomic mass is 19.1. The van der Waals surface area contributed by atoms with Crippen molar-refractivity contribution in [2.45, 2.75) is 13.8 Å². The monoisotopic (exact) mass is 428 g/mol. The van der Waals surface area contributed by atoms with Crippen LogP contribution >= 0.6 is 0 Å². The van der Waals surface area contributed by atoms with Crippen LogP contribution in [0.2, 0.25) is 0 Å². The predicted octanol–water partition coefficient (Wildman–Crippen LogP) is 6.19. The first-order valence-corrected chi connectivity index (χ1v) is 10.2. The van der Waals surface area contributed by atoms with Crippen molar-refractivity contribution in [3.05, 3.63) is 84.3 Å². The summed E-state index contributed by atoms with van der Waals surface area (Å²) in [5.41, 5.74) is 5.14. The van der Waals surface area contributed by atoms with Crippen LogP contribution in [-0.4, -0.2) is 21.9 Å². The molecule has 0 aliphatic carbocycles. The maximum atomic E-state index is 13.4. The first-order chi connectivity index (χ1) is 15.5. The molecule has 160 valence electrons. The highest BCUT2D eigenvalue weighted by Gasteiger charge is 2.15. The molecule has 2 heterocycles. The molecule has 0 spiro atoms. The molecule has 5 rings (SSSR count). The summed E-state index contributed by atoms with van der Waals surface area (Å²) >= 11 is 0. The number of hydrogen-bond acceptors (Lipinski definition) is 5. The fourth-order valence-electron chi connectivity index (χ4n) is 3.78. The van der Waals surface area contributed by atoms with Gasteiger partial charge in [0.25, 0.3) is 0 Å². The summed E-state index contributed by atoms with van der Waals surface area (Å²) in [7, 11) is 1.63. The van der Waals surface area contributed by atoms with Crippen LogP contribution in [0.4, 0.5) is 15.8 Å². The largest absolute Gasteiger partial charge is 0.496 e. The van der Waals surface area contributed by atoms with Gasteiger partial charge in [-0.3, -0.25) is 0 Å². The molecule has 0 saturated carbocycles. The van der Waals surface area contributed by atoms with E-state index in [2.05, 4.69) is 10.3 Å². The van der Waals surface area contributed by atoms with Crippen LogP contribution in [0.5, 0.6) is 5.75 Å². The second kappa shape index (κ2) is 7.85. The number of ether oxygens (including phenoxy) is 1. The molecule has 32 heavy (non-hydrogen) atoms. The third kappa shape index (κ3) is 3.47. The standard InChI is InChI=1S/C25H21FN4O2/c1-15-20-5-4-6-22(25(20)29-30(15)19-10-7-17(26)8-11-19)28-18-9-12-21(23(13-18)31-3)24-14-27-16(2)32-24/h4-14,28H,1-3H3. The zero-order chi connectivity index (χ0) is 22.2. The Morgan fingerprint density at radius 2 is 1.84 bits per heavy atom. The minimum Gasteiger partial charge on any atom is -0.496 e. The Kier molecular flexibility index (Phi) is 4.86. The van der Waals surface area contributed by atoms with Crippen molar-refractivity contribution in [3.63, 3.8) is 0 Å². The number of nitrogens with zero attached hydrogens (tertiary/aromatic N) is 3. The molecular weight excluding hydrogens is 407 g/mol. The molecule has 0 saturated heterocycles. The first-order valence-electron chi connectivity index (χ1n) is 10.2. The number of rotatable bonds is 5. The lowest BCUT2D eigenvalue weighted by Crippen LogP contribution is -1.98. The number of methoxy groups -OCH3 is 1. The average Bonchev–Trinajstić information content (AvgIpc) is 3.38. The number of aryl methyl sites for hydroxylation is 2. The van der Waals surface area contributed by atoms with Crippen LogP contribution in [0.25, 0.3) is 27.9 Å². The summed E-state index contributed by atoms with van der Waals surface area (Å²) in [5, 5.41) is 9.25. The third-order valence-corrected chi connectivity index (χ3v) is 5.38. The Hall–Kier alpha value is -4.13. The molecule has 2 aromatic heterocycles. The van der Waals surface area contributed by atoms with Gasteiger partial charge < -0.3 is 14.5 Å². The Labute approximate surface area is 184 Å². The van der Waals surface area contributed by atoms with Gasteiger partial charge in [-0.2, -0.15) is 5.10 Å². The highest BCUT2D eigenvalue weighted by molar-refractivity contribution is 5.94. The Morgan fingerprint density at radius 1 is 1.03 bits per heavy atom. The summed E-state index contributed by atoms with van der Waals surface area (Å²) < 4.78 is 26.4. The Balaban J connectivity index is 1.53. The van der Waals surface area contributed by atoms with Crippen molar-refractivity contribution in [3.8, 4) is 22.8 Å². The molecule has 0 atom stereocenters. The van der Waals surface area contributed by atoms with Gasteiger partial charge >= 0.3 is 0 Å². The molecule has 0 bridgehead atoms. The molecule has 0 fully saturated rings.